The number of nitrogens with zero attached hydrogens (tertiary/aromatic N) is 2. The first-order valence-electron chi connectivity index (χ1n) is 6.82. The fourth-order valence-corrected chi connectivity index (χ4v) is 3.51. The van der Waals surface area contributed by atoms with E-state index in [4.69, 9.17) is 4.74 Å². The number of benzene rings is 1. The van der Waals surface area contributed by atoms with Gasteiger partial charge in [-0.1, -0.05) is 12.1 Å². The van der Waals surface area contributed by atoms with Gasteiger partial charge in [0.15, 0.2) is 0 Å². The molecule has 2 heterocycles. The molecule has 0 bridgehead atoms. The van der Waals surface area contributed by atoms with Crippen LogP contribution in [0.15, 0.2) is 29.4 Å². The fourth-order valence-electron chi connectivity index (χ4n) is 2.67. The lowest BCUT2D eigenvalue weighted by atomic mass is 10.1. The zero-order chi connectivity index (χ0) is 14.2. The first-order valence-corrected chi connectivity index (χ1v) is 8.72. The molecule has 0 saturated carbocycles. The molecule has 3 rings (SSSR count). The minimum atomic E-state index is -3.35. The van der Waals surface area contributed by atoms with Gasteiger partial charge < -0.3 is 9.30 Å². The van der Waals surface area contributed by atoms with Crippen LogP contribution < -0.4 is 0 Å². The number of ether oxygens (including phenoxy) is 1. The summed E-state index contributed by atoms with van der Waals surface area (Å²) in [4.78, 5) is 4.27. The van der Waals surface area contributed by atoms with Crippen molar-refractivity contribution in [1.29, 1.82) is 0 Å². The number of para-hydroxylation sites is 2. The Morgan fingerprint density at radius 2 is 2.15 bits per heavy atom. The molecule has 108 valence electrons. The van der Waals surface area contributed by atoms with Gasteiger partial charge in [0.1, 0.15) is 0 Å². The Hall–Kier alpha value is -1.40. The molecular formula is C14H18N2O3S. The Kier molecular flexibility index (Phi) is 3.52. The van der Waals surface area contributed by atoms with E-state index in [1.54, 1.807) is 4.57 Å². The molecule has 1 aliphatic heterocycles. The average Bonchev–Trinajstić information content (AvgIpc) is 2.79. The van der Waals surface area contributed by atoms with E-state index in [2.05, 4.69) is 4.98 Å². The van der Waals surface area contributed by atoms with Crippen molar-refractivity contribution in [3.05, 3.63) is 24.3 Å². The topological polar surface area (TPSA) is 61.2 Å². The molecule has 0 unspecified atom stereocenters. The Labute approximate surface area is 118 Å². The van der Waals surface area contributed by atoms with Crippen LogP contribution in [0.1, 0.15) is 19.3 Å². The summed E-state index contributed by atoms with van der Waals surface area (Å²) in [5.74, 6) is 0. The monoisotopic (exact) mass is 294 g/mol. The summed E-state index contributed by atoms with van der Waals surface area (Å²) in [6.45, 7) is 1.30. The van der Waals surface area contributed by atoms with Crippen LogP contribution in [-0.2, 0) is 21.1 Å². The van der Waals surface area contributed by atoms with Crippen molar-refractivity contribution < 1.29 is 13.2 Å². The van der Waals surface area contributed by atoms with E-state index in [-0.39, 0.29) is 11.3 Å². The zero-order valence-electron chi connectivity index (χ0n) is 11.4. The van der Waals surface area contributed by atoms with E-state index in [0.717, 1.165) is 31.4 Å². The molecule has 20 heavy (non-hydrogen) atoms. The van der Waals surface area contributed by atoms with Crippen molar-refractivity contribution in [2.75, 3.05) is 12.9 Å². The molecule has 2 aromatic rings. The van der Waals surface area contributed by atoms with Gasteiger partial charge in [-0.2, -0.15) is 0 Å². The van der Waals surface area contributed by atoms with Gasteiger partial charge in [-0.25, -0.2) is 13.4 Å². The SMILES string of the molecule is CS(=O)(=O)c1nc2ccccc2n1C[C@H]1CCCCO1. The lowest BCUT2D eigenvalue weighted by Crippen LogP contribution is -2.25. The second-order valence-corrected chi connectivity index (χ2v) is 7.16. The van der Waals surface area contributed by atoms with E-state index in [0.29, 0.717) is 12.1 Å². The average molecular weight is 294 g/mol. The molecule has 1 aliphatic rings. The molecule has 1 fully saturated rings. The van der Waals surface area contributed by atoms with E-state index in [1.165, 1.54) is 6.26 Å². The third-order valence-corrected chi connectivity index (χ3v) is 4.59. The highest BCUT2D eigenvalue weighted by atomic mass is 32.2. The predicted octanol–water partition coefficient (Wildman–Crippen LogP) is 2.01. The summed E-state index contributed by atoms with van der Waals surface area (Å²) >= 11 is 0. The lowest BCUT2D eigenvalue weighted by molar-refractivity contribution is 0.00527. The van der Waals surface area contributed by atoms with Gasteiger partial charge >= 0.3 is 0 Å². The summed E-state index contributed by atoms with van der Waals surface area (Å²) < 4.78 is 31.4. The highest BCUT2D eigenvalue weighted by molar-refractivity contribution is 7.90. The number of sulfone groups is 1. The third kappa shape index (κ3) is 2.58. The molecule has 0 N–H and O–H groups in total. The quantitative estimate of drug-likeness (QED) is 0.869. The fraction of sp³-hybridized carbons (Fsp3) is 0.500. The lowest BCUT2D eigenvalue weighted by Gasteiger charge is -2.23. The minimum absolute atomic E-state index is 0.0712. The molecule has 1 aromatic carbocycles. The third-order valence-electron chi connectivity index (χ3n) is 3.61. The van der Waals surface area contributed by atoms with Gasteiger partial charge in [-0.05, 0) is 31.4 Å². The number of rotatable bonds is 3. The van der Waals surface area contributed by atoms with Crippen LogP contribution in [0.2, 0.25) is 0 Å². The van der Waals surface area contributed by atoms with Gasteiger partial charge in [-0.15, -0.1) is 0 Å². The standard InChI is InChI=1S/C14H18N2O3S/c1-20(17,18)14-15-12-7-2-3-8-13(12)16(14)10-11-6-4-5-9-19-11/h2-3,7-8,11H,4-6,9-10H2,1H3/t11-/m1/s1. The summed E-state index contributed by atoms with van der Waals surface area (Å²) in [5, 5.41) is 0.132. The molecule has 0 spiro atoms. The van der Waals surface area contributed by atoms with Gasteiger partial charge in [0, 0.05) is 12.9 Å². The van der Waals surface area contributed by atoms with Crippen LogP contribution in [0.25, 0.3) is 11.0 Å². The molecule has 0 radical (unpaired) electrons. The molecule has 6 heteroatoms. The normalized spacial score (nSPS) is 20.4. The van der Waals surface area contributed by atoms with Crippen molar-refractivity contribution in [2.24, 2.45) is 0 Å². The van der Waals surface area contributed by atoms with Crippen molar-refractivity contribution in [3.63, 3.8) is 0 Å². The first kappa shape index (κ1) is 13.6. The molecular weight excluding hydrogens is 276 g/mol. The molecule has 0 amide bonds. The molecule has 1 atom stereocenters. The summed E-state index contributed by atoms with van der Waals surface area (Å²) in [6, 6.07) is 7.50. The van der Waals surface area contributed by atoms with Crippen molar-refractivity contribution in [3.8, 4) is 0 Å². The van der Waals surface area contributed by atoms with Crippen LogP contribution >= 0.6 is 0 Å². The minimum Gasteiger partial charge on any atom is -0.376 e. The Bertz CT molecular complexity index is 715. The molecule has 1 saturated heterocycles. The first-order chi connectivity index (χ1) is 9.55. The van der Waals surface area contributed by atoms with Crippen molar-refractivity contribution >= 4 is 20.9 Å². The number of imidazole rings is 1. The molecule has 0 aliphatic carbocycles. The largest absolute Gasteiger partial charge is 0.376 e. The van der Waals surface area contributed by atoms with Crippen LogP contribution in [0.5, 0.6) is 0 Å². The maximum absolute atomic E-state index is 11.9. The number of hydrogen-bond acceptors (Lipinski definition) is 4. The molecule has 1 aromatic heterocycles. The van der Waals surface area contributed by atoms with Crippen LogP contribution in [0.4, 0.5) is 0 Å². The zero-order valence-corrected chi connectivity index (χ0v) is 12.3. The maximum Gasteiger partial charge on any atom is 0.228 e. The summed E-state index contributed by atoms with van der Waals surface area (Å²) in [5.41, 5.74) is 1.56. The Morgan fingerprint density at radius 1 is 1.35 bits per heavy atom. The Morgan fingerprint density at radius 3 is 2.85 bits per heavy atom. The maximum atomic E-state index is 11.9. The van der Waals surface area contributed by atoms with Crippen molar-refractivity contribution in [2.45, 2.75) is 37.1 Å². The van der Waals surface area contributed by atoms with E-state index in [9.17, 15) is 8.42 Å². The smallest absolute Gasteiger partial charge is 0.228 e. The highest BCUT2D eigenvalue weighted by Crippen LogP contribution is 2.22. The number of aromatic nitrogens is 2. The predicted molar refractivity (Wildman–Crippen MR) is 76.4 cm³/mol. The van der Waals surface area contributed by atoms with Crippen LogP contribution in [0.3, 0.4) is 0 Å². The van der Waals surface area contributed by atoms with E-state index in [1.807, 2.05) is 24.3 Å². The second kappa shape index (κ2) is 5.18. The Balaban J connectivity index is 2.06. The van der Waals surface area contributed by atoms with Gasteiger partial charge in [-0.3, -0.25) is 0 Å². The van der Waals surface area contributed by atoms with Gasteiger partial charge in [0.2, 0.25) is 15.0 Å². The number of hydrogen-bond donors (Lipinski definition) is 0. The second-order valence-electron chi connectivity index (χ2n) is 5.25. The van der Waals surface area contributed by atoms with Gasteiger partial charge in [0.05, 0.1) is 23.7 Å². The summed E-state index contributed by atoms with van der Waals surface area (Å²) in [7, 11) is -3.35. The number of fused-ring (bicyclic) bond motifs is 1. The van der Waals surface area contributed by atoms with Crippen molar-refractivity contribution in [1.82, 2.24) is 9.55 Å². The summed E-state index contributed by atoms with van der Waals surface area (Å²) in [6.07, 6.45) is 4.45. The van der Waals surface area contributed by atoms with Crippen LogP contribution in [0, 0.1) is 0 Å². The van der Waals surface area contributed by atoms with E-state index >= 15 is 0 Å². The molecule has 5 nitrogen and oxygen atoms in total. The van der Waals surface area contributed by atoms with Crippen LogP contribution in [-0.4, -0.2) is 36.9 Å². The van der Waals surface area contributed by atoms with E-state index < -0.39 is 9.84 Å². The highest BCUT2D eigenvalue weighted by Gasteiger charge is 2.23. The van der Waals surface area contributed by atoms with Gasteiger partial charge in [0.25, 0.3) is 0 Å².